The molecule has 3 rings (SSSR count). The molecule has 0 fully saturated rings. The predicted molar refractivity (Wildman–Crippen MR) is 69.5 cm³/mol. The summed E-state index contributed by atoms with van der Waals surface area (Å²) < 4.78 is 0. The van der Waals surface area contributed by atoms with Gasteiger partial charge in [0.15, 0.2) is 0 Å². The molecule has 4 nitrogen and oxygen atoms in total. The van der Waals surface area contributed by atoms with Gasteiger partial charge < -0.3 is 10.1 Å². The summed E-state index contributed by atoms with van der Waals surface area (Å²) in [7, 11) is 0. The number of aromatic amines is 1. The van der Waals surface area contributed by atoms with E-state index in [0.29, 0.717) is 6.54 Å². The van der Waals surface area contributed by atoms with Gasteiger partial charge in [-0.15, -0.1) is 0 Å². The van der Waals surface area contributed by atoms with Gasteiger partial charge in [-0.1, -0.05) is 18.2 Å². The van der Waals surface area contributed by atoms with Gasteiger partial charge in [0, 0.05) is 29.7 Å². The number of hydrogen-bond acceptors (Lipinski definition) is 2. The number of hydrogen-bond donors (Lipinski definition) is 2. The number of nitrogens with zero attached hydrogens (tertiary/aromatic N) is 1. The zero-order valence-corrected chi connectivity index (χ0v) is 10.3. The molecule has 1 unspecified atom stereocenters. The van der Waals surface area contributed by atoms with E-state index in [1.807, 2.05) is 17.0 Å². The molecule has 2 heterocycles. The second kappa shape index (κ2) is 4.14. The number of fused-ring (bicyclic) bond motifs is 3. The lowest BCUT2D eigenvalue weighted by molar-refractivity contribution is -0.143. The van der Waals surface area contributed by atoms with Gasteiger partial charge in [0.1, 0.15) is 6.04 Å². The molecule has 0 radical (unpaired) electrons. The number of H-pyrrole nitrogens is 1. The van der Waals surface area contributed by atoms with Gasteiger partial charge in [0.2, 0.25) is 0 Å². The van der Waals surface area contributed by atoms with Gasteiger partial charge in [-0.3, -0.25) is 9.69 Å². The summed E-state index contributed by atoms with van der Waals surface area (Å²) in [5.74, 6) is -0.755. The predicted octanol–water partition coefficient (Wildman–Crippen LogP) is 2.00. The van der Waals surface area contributed by atoms with Crippen molar-refractivity contribution in [3.63, 3.8) is 0 Å². The molecule has 2 N–H and O–H groups in total. The minimum atomic E-state index is -0.755. The molecule has 1 aromatic heterocycles. The van der Waals surface area contributed by atoms with Crippen LogP contribution in [-0.2, 0) is 17.8 Å². The number of carboxylic acid groups (broad SMARTS) is 1. The third kappa shape index (κ3) is 1.69. The number of carbonyl (C=O) groups is 1. The van der Waals surface area contributed by atoms with Crippen molar-refractivity contribution < 1.29 is 9.90 Å². The van der Waals surface area contributed by atoms with Crippen molar-refractivity contribution in [1.82, 2.24) is 9.88 Å². The number of para-hydroxylation sites is 1. The van der Waals surface area contributed by atoms with Crippen LogP contribution < -0.4 is 0 Å². The number of benzene rings is 1. The van der Waals surface area contributed by atoms with Crippen LogP contribution in [0.1, 0.15) is 18.2 Å². The van der Waals surface area contributed by atoms with Gasteiger partial charge >= 0.3 is 5.97 Å². The SMILES string of the molecule is CC(C(=O)O)N1CCc2c([nH]c3ccccc23)C1. The molecule has 0 amide bonds. The fourth-order valence-corrected chi connectivity index (χ4v) is 2.70. The quantitative estimate of drug-likeness (QED) is 0.849. The summed E-state index contributed by atoms with van der Waals surface area (Å²) in [4.78, 5) is 16.4. The number of rotatable bonds is 2. The fraction of sp³-hybridized carbons (Fsp3) is 0.357. The molecule has 0 saturated carbocycles. The molecule has 94 valence electrons. The van der Waals surface area contributed by atoms with Gasteiger partial charge in [-0.2, -0.15) is 0 Å². The van der Waals surface area contributed by atoms with E-state index in [2.05, 4.69) is 17.1 Å². The van der Waals surface area contributed by atoms with E-state index in [1.165, 1.54) is 10.9 Å². The minimum absolute atomic E-state index is 0.426. The topological polar surface area (TPSA) is 56.3 Å². The molecule has 0 saturated heterocycles. The van der Waals surface area contributed by atoms with Crippen LogP contribution in [0.3, 0.4) is 0 Å². The number of nitrogens with one attached hydrogen (secondary N) is 1. The van der Waals surface area contributed by atoms with Crippen molar-refractivity contribution in [3.8, 4) is 0 Å². The summed E-state index contributed by atoms with van der Waals surface area (Å²) in [5.41, 5.74) is 3.65. The molecule has 2 aromatic rings. The van der Waals surface area contributed by atoms with E-state index >= 15 is 0 Å². The molecule has 0 bridgehead atoms. The average Bonchev–Trinajstić information content (AvgIpc) is 2.75. The average molecular weight is 244 g/mol. The Morgan fingerprint density at radius 1 is 1.44 bits per heavy atom. The highest BCUT2D eigenvalue weighted by atomic mass is 16.4. The summed E-state index contributed by atoms with van der Waals surface area (Å²) >= 11 is 0. The lowest BCUT2D eigenvalue weighted by Gasteiger charge is -2.29. The Morgan fingerprint density at radius 3 is 3.00 bits per heavy atom. The van der Waals surface area contributed by atoms with Crippen molar-refractivity contribution in [1.29, 1.82) is 0 Å². The first-order valence-electron chi connectivity index (χ1n) is 6.22. The Hall–Kier alpha value is -1.81. The van der Waals surface area contributed by atoms with Crippen LogP contribution in [0.25, 0.3) is 10.9 Å². The lowest BCUT2D eigenvalue weighted by atomic mass is 10.0. The fourth-order valence-electron chi connectivity index (χ4n) is 2.70. The first kappa shape index (κ1) is 11.3. The van der Waals surface area contributed by atoms with E-state index in [-0.39, 0.29) is 0 Å². The Balaban J connectivity index is 1.96. The van der Waals surface area contributed by atoms with Crippen LogP contribution in [0.2, 0.25) is 0 Å². The van der Waals surface area contributed by atoms with Crippen molar-refractivity contribution in [2.45, 2.75) is 25.9 Å². The highest BCUT2D eigenvalue weighted by Crippen LogP contribution is 2.28. The molecule has 1 atom stereocenters. The van der Waals surface area contributed by atoms with Crippen LogP contribution in [-0.4, -0.2) is 33.5 Å². The third-order valence-electron chi connectivity index (χ3n) is 3.82. The molecule has 4 heteroatoms. The summed E-state index contributed by atoms with van der Waals surface area (Å²) in [5, 5.41) is 10.3. The highest BCUT2D eigenvalue weighted by Gasteiger charge is 2.26. The maximum absolute atomic E-state index is 11.0. The second-order valence-corrected chi connectivity index (χ2v) is 4.86. The molecular formula is C14H16N2O2. The number of aromatic nitrogens is 1. The van der Waals surface area contributed by atoms with Crippen molar-refractivity contribution in [2.24, 2.45) is 0 Å². The van der Waals surface area contributed by atoms with E-state index in [4.69, 9.17) is 5.11 Å². The van der Waals surface area contributed by atoms with Gasteiger partial charge in [-0.05, 0) is 25.0 Å². The molecular weight excluding hydrogens is 228 g/mol. The van der Waals surface area contributed by atoms with Gasteiger partial charge in [-0.25, -0.2) is 0 Å². The normalized spacial score (nSPS) is 17.6. The van der Waals surface area contributed by atoms with Crippen LogP contribution in [0, 0.1) is 0 Å². The smallest absolute Gasteiger partial charge is 0.320 e. The highest BCUT2D eigenvalue weighted by molar-refractivity contribution is 5.85. The molecule has 18 heavy (non-hydrogen) atoms. The van der Waals surface area contributed by atoms with Crippen molar-refractivity contribution >= 4 is 16.9 Å². The van der Waals surface area contributed by atoms with E-state index in [1.54, 1.807) is 6.92 Å². The van der Waals surface area contributed by atoms with Crippen molar-refractivity contribution in [3.05, 3.63) is 35.5 Å². The second-order valence-electron chi connectivity index (χ2n) is 4.86. The largest absolute Gasteiger partial charge is 0.480 e. The number of carboxylic acids is 1. The van der Waals surface area contributed by atoms with Crippen LogP contribution in [0.5, 0.6) is 0 Å². The Morgan fingerprint density at radius 2 is 2.22 bits per heavy atom. The molecule has 0 spiro atoms. The van der Waals surface area contributed by atoms with Crippen LogP contribution in [0.4, 0.5) is 0 Å². The first-order chi connectivity index (χ1) is 8.66. The minimum Gasteiger partial charge on any atom is -0.480 e. The standard InChI is InChI=1S/C14H16N2O2/c1-9(14(17)18)16-7-6-11-10-4-2-3-5-12(10)15-13(11)8-16/h2-5,9,15H,6-8H2,1H3,(H,17,18). The summed E-state index contributed by atoms with van der Waals surface area (Å²) in [6.45, 7) is 3.25. The maximum Gasteiger partial charge on any atom is 0.320 e. The monoisotopic (exact) mass is 244 g/mol. The summed E-state index contributed by atoms with van der Waals surface area (Å²) in [6, 6.07) is 7.83. The Bertz CT molecular complexity index is 603. The molecule has 1 aromatic carbocycles. The molecule has 1 aliphatic rings. The Labute approximate surface area is 105 Å². The zero-order chi connectivity index (χ0) is 12.7. The first-order valence-corrected chi connectivity index (χ1v) is 6.22. The van der Waals surface area contributed by atoms with Crippen LogP contribution >= 0.6 is 0 Å². The van der Waals surface area contributed by atoms with E-state index in [9.17, 15) is 4.79 Å². The summed E-state index contributed by atoms with van der Waals surface area (Å²) in [6.07, 6.45) is 0.914. The Kier molecular flexibility index (Phi) is 2.59. The number of aliphatic carboxylic acids is 1. The zero-order valence-electron chi connectivity index (χ0n) is 10.3. The van der Waals surface area contributed by atoms with E-state index < -0.39 is 12.0 Å². The van der Waals surface area contributed by atoms with Gasteiger partial charge in [0.25, 0.3) is 0 Å². The maximum atomic E-state index is 11.0. The van der Waals surface area contributed by atoms with E-state index in [0.717, 1.165) is 24.2 Å². The third-order valence-corrected chi connectivity index (χ3v) is 3.82. The molecule has 0 aliphatic carbocycles. The molecule has 1 aliphatic heterocycles. The van der Waals surface area contributed by atoms with Crippen molar-refractivity contribution in [2.75, 3.05) is 6.54 Å². The van der Waals surface area contributed by atoms with Gasteiger partial charge in [0.05, 0.1) is 0 Å². The lowest BCUT2D eigenvalue weighted by Crippen LogP contribution is -2.42. The van der Waals surface area contributed by atoms with Crippen LogP contribution in [0.15, 0.2) is 24.3 Å².